The van der Waals surface area contributed by atoms with Crippen LogP contribution in [-0.4, -0.2) is 31.3 Å². The lowest BCUT2D eigenvalue weighted by molar-refractivity contribution is 0.408. The molecule has 4 aromatic rings. The van der Waals surface area contributed by atoms with Crippen LogP contribution in [0.5, 0.6) is 5.75 Å². The molecule has 3 aromatic heterocycles. The maximum Gasteiger partial charge on any atom is 0.261 e. The maximum absolute atomic E-state index is 12.9. The molecule has 0 unspecified atom stereocenters. The number of aromatic nitrogens is 5. The van der Waals surface area contributed by atoms with Crippen molar-refractivity contribution in [3.05, 3.63) is 64.5 Å². The standard InChI is InChI=1S/C18H17N5O2/c1-12-16-14(23-18(21-12)19-11-20-23)8-10-22(17(16)24)9-7-13-5-3-4-6-15(13)25-2/h3-6,8,10-11H,7,9H2,1-2H3. The molecule has 0 aliphatic rings. The summed E-state index contributed by atoms with van der Waals surface area (Å²) in [6, 6.07) is 9.72. The fourth-order valence-electron chi connectivity index (χ4n) is 3.10. The molecule has 0 saturated heterocycles. The number of pyridine rings is 1. The highest BCUT2D eigenvalue weighted by Crippen LogP contribution is 2.18. The molecule has 0 atom stereocenters. The predicted octanol–water partition coefficient (Wildman–Crippen LogP) is 2.00. The molecule has 0 N–H and O–H groups in total. The second-order valence-corrected chi connectivity index (χ2v) is 5.81. The van der Waals surface area contributed by atoms with Crippen molar-refractivity contribution in [3.8, 4) is 5.75 Å². The average Bonchev–Trinajstić information content (AvgIpc) is 3.09. The summed E-state index contributed by atoms with van der Waals surface area (Å²) in [6.07, 6.45) is 3.93. The van der Waals surface area contributed by atoms with Gasteiger partial charge in [0.2, 0.25) is 0 Å². The fourth-order valence-corrected chi connectivity index (χ4v) is 3.10. The van der Waals surface area contributed by atoms with Crippen LogP contribution in [0.4, 0.5) is 0 Å². The second kappa shape index (κ2) is 6.01. The molecule has 0 spiro atoms. The van der Waals surface area contributed by atoms with Crippen LogP contribution in [-0.2, 0) is 13.0 Å². The third-order valence-electron chi connectivity index (χ3n) is 4.35. The zero-order valence-electron chi connectivity index (χ0n) is 14.0. The zero-order valence-corrected chi connectivity index (χ0v) is 14.0. The van der Waals surface area contributed by atoms with E-state index in [4.69, 9.17) is 4.74 Å². The summed E-state index contributed by atoms with van der Waals surface area (Å²) in [5, 5.41) is 4.72. The van der Waals surface area contributed by atoms with Crippen molar-refractivity contribution in [3.63, 3.8) is 0 Å². The number of hydrogen-bond donors (Lipinski definition) is 0. The highest BCUT2D eigenvalue weighted by atomic mass is 16.5. The van der Waals surface area contributed by atoms with Crippen LogP contribution in [0.15, 0.2) is 47.7 Å². The van der Waals surface area contributed by atoms with E-state index in [-0.39, 0.29) is 5.56 Å². The molecule has 0 saturated carbocycles. The Labute approximate surface area is 143 Å². The van der Waals surface area contributed by atoms with Crippen LogP contribution in [0.1, 0.15) is 11.3 Å². The van der Waals surface area contributed by atoms with Crippen LogP contribution >= 0.6 is 0 Å². The summed E-state index contributed by atoms with van der Waals surface area (Å²) in [6.45, 7) is 2.38. The van der Waals surface area contributed by atoms with E-state index in [1.165, 1.54) is 6.33 Å². The summed E-state index contributed by atoms with van der Waals surface area (Å²) in [5.74, 6) is 1.33. The molecule has 1 aromatic carbocycles. The minimum absolute atomic E-state index is 0.0743. The Bertz CT molecular complexity index is 1130. The first-order chi connectivity index (χ1) is 12.2. The molecule has 25 heavy (non-hydrogen) atoms. The van der Waals surface area contributed by atoms with E-state index in [0.717, 1.165) is 16.8 Å². The quantitative estimate of drug-likeness (QED) is 0.570. The summed E-state index contributed by atoms with van der Waals surface area (Å²) >= 11 is 0. The smallest absolute Gasteiger partial charge is 0.261 e. The van der Waals surface area contributed by atoms with Gasteiger partial charge < -0.3 is 9.30 Å². The summed E-state index contributed by atoms with van der Waals surface area (Å²) < 4.78 is 8.67. The molecule has 4 rings (SSSR count). The van der Waals surface area contributed by atoms with Gasteiger partial charge in [0.25, 0.3) is 11.3 Å². The summed E-state index contributed by atoms with van der Waals surface area (Å²) in [7, 11) is 1.65. The third-order valence-corrected chi connectivity index (χ3v) is 4.35. The predicted molar refractivity (Wildman–Crippen MR) is 94.0 cm³/mol. The number of ether oxygens (including phenoxy) is 1. The number of para-hydroxylation sites is 1. The molecule has 126 valence electrons. The number of rotatable bonds is 4. The number of hydrogen-bond acceptors (Lipinski definition) is 5. The topological polar surface area (TPSA) is 74.3 Å². The van der Waals surface area contributed by atoms with Gasteiger partial charge in [0.15, 0.2) is 0 Å². The van der Waals surface area contributed by atoms with Crippen LogP contribution in [0.2, 0.25) is 0 Å². The molecule has 0 amide bonds. The van der Waals surface area contributed by atoms with Gasteiger partial charge in [-0.15, -0.1) is 0 Å². The lowest BCUT2D eigenvalue weighted by Gasteiger charge is -2.11. The van der Waals surface area contributed by atoms with Crippen molar-refractivity contribution in [1.29, 1.82) is 0 Å². The number of methoxy groups -OCH3 is 1. The molecule has 0 radical (unpaired) electrons. The van der Waals surface area contributed by atoms with Crippen LogP contribution < -0.4 is 10.3 Å². The van der Waals surface area contributed by atoms with E-state index in [1.54, 1.807) is 22.4 Å². The van der Waals surface area contributed by atoms with Crippen LogP contribution in [0, 0.1) is 6.92 Å². The highest BCUT2D eigenvalue weighted by Gasteiger charge is 2.12. The van der Waals surface area contributed by atoms with Crippen molar-refractivity contribution >= 4 is 16.7 Å². The largest absolute Gasteiger partial charge is 0.496 e. The fraction of sp³-hybridized carbons (Fsp3) is 0.222. The van der Waals surface area contributed by atoms with Gasteiger partial charge in [0.1, 0.15) is 12.1 Å². The molecule has 0 bridgehead atoms. The van der Waals surface area contributed by atoms with Gasteiger partial charge in [0, 0.05) is 12.7 Å². The Balaban J connectivity index is 1.76. The Kier molecular flexibility index (Phi) is 3.68. The van der Waals surface area contributed by atoms with Gasteiger partial charge in [-0.05, 0) is 31.0 Å². The number of fused-ring (bicyclic) bond motifs is 3. The van der Waals surface area contributed by atoms with Gasteiger partial charge in [0.05, 0.1) is 23.7 Å². The van der Waals surface area contributed by atoms with E-state index < -0.39 is 0 Å². The van der Waals surface area contributed by atoms with Gasteiger partial charge in [-0.2, -0.15) is 14.6 Å². The first-order valence-corrected chi connectivity index (χ1v) is 8.00. The molecular weight excluding hydrogens is 318 g/mol. The molecule has 0 aliphatic heterocycles. The zero-order chi connectivity index (χ0) is 17.4. The molecule has 7 nitrogen and oxygen atoms in total. The average molecular weight is 335 g/mol. The highest BCUT2D eigenvalue weighted by molar-refractivity contribution is 5.81. The molecular formula is C18H17N5O2. The summed E-state index contributed by atoms with van der Waals surface area (Å²) in [5.41, 5.74) is 2.37. The van der Waals surface area contributed by atoms with E-state index >= 15 is 0 Å². The van der Waals surface area contributed by atoms with Gasteiger partial charge >= 0.3 is 0 Å². The van der Waals surface area contributed by atoms with Gasteiger partial charge in [-0.1, -0.05) is 18.2 Å². The number of nitrogens with zero attached hydrogens (tertiary/aromatic N) is 5. The monoisotopic (exact) mass is 335 g/mol. The minimum atomic E-state index is -0.0743. The van der Waals surface area contributed by atoms with Crippen molar-refractivity contribution in [2.24, 2.45) is 0 Å². The van der Waals surface area contributed by atoms with E-state index in [1.807, 2.05) is 37.3 Å². The first-order valence-electron chi connectivity index (χ1n) is 8.00. The number of aryl methyl sites for hydroxylation is 3. The van der Waals surface area contributed by atoms with Crippen LogP contribution in [0.3, 0.4) is 0 Å². The van der Waals surface area contributed by atoms with Crippen molar-refractivity contribution < 1.29 is 4.74 Å². The minimum Gasteiger partial charge on any atom is -0.496 e. The number of benzene rings is 1. The third kappa shape index (κ3) is 2.53. The van der Waals surface area contributed by atoms with Crippen molar-refractivity contribution in [2.45, 2.75) is 19.9 Å². The van der Waals surface area contributed by atoms with E-state index in [9.17, 15) is 4.79 Å². The molecule has 0 fully saturated rings. The Morgan fingerprint density at radius 2 is 2.04 bits per heavy atom. The lowest BCUT2D eigenvalue weighted by atomic mass is 10.1. The first kappa shape index (κ1) is 15.3. The Morgan fingerprint density at radius 3 is 2.88 bits per heavy atom. The normalized spacial score (nSPS) is 11.3. The van der Waals surface area contributed by atoms with Crippen molar-refractivity contribution in [2.75, 3.05) is 7.11 Å². The molecule has 0 aliphatic carbocycles. The van der Waals surface area contributed by atoms with Gasteiger partial charge in [-0.3, -0.25) is 4.79 Å². The SMILES string of the molecule is COc1ccccc1CCn1ccc2c(c(C)nc3ncnn32)c1=O. The Morgan fingerprint density at radius 1 is 1.20 bits per heavy atom. The van der Waals surface area contributed by atoms with Crippen LogP contribution in [0.25, 0.3) is 16.7 Å². The second-order valence-electron chi connectivity index (χ2n) is 5.81. The van der Waals surface area contributed by atoms with E-state index in [0.29, 0.717) is 29.8 Å². The lowest BCUT2D eigenvalue weighted by Crippen LogP contribution is -2.22. The van der Waals surface area contributed by atoms with E-state index in [2.05, 4.69) is 15.1 Å². The Hall–Kier alpha value is -3.22. The maximum atomic E-state index is 12.9. The summed E-state index contributed by atoms with van der Waals surface area (Å²) in [4.78, 5) is 21.4. The molecule has 7 heteroatoms. The van der Waals surface area contributed by atoms with Crippen molar-refractivity contribution in [1.82, 2.24) is 24.1 Å². The van der Waals surface area contributed by atoms with Gasteiger partial charge in [-0.25, -0.2) is 4.98 Å². The molecule has 3 heterocycles.